The summed E-state index contributed by atoms with van der Waals surface area (Å²) in [6, 6.07) is 24.7. The SMILES string of the molecule is CN(C)C(=O)[C@H](CCCCN)NC(=O)[C@H](Cc1ccccc1)N(C)C(=O)[C@H](Cc1ccc(-c2ccccc2)cc1)N(C)C(=O)/C=C/CC(C)(C)N. The number of nitrogens with two attached hydrogens (primary N) is 2. The Balaban J connectivity index is 1.98. The molecule has 3 aromatic rings. The zero-order valence-electron chi connectivity index (χ0n) is 31.0. The molecule has 0 saturated carbocycles. The first kappa shape index (κ1) is 40.6. The third kappa shape index (κ3) is 12.8. The van der Waals surface area contributed by atoms with Crippen molar-refractivity contribution in [3.63, 3.8) is 0 Å². The third-order valence-corrected chi connectivity index (χ3v) is 8.89. The second-order valence-corrected chi connectivity index (χ2v) is 14.1. The van der Waals surface area contributed by atoms with Crippen LogP contribution in [0.15, 0.2) is 97.1 Å². The van der Waals surface area contributed by atoms with Gasteiger partial charge in [-0.3, -0.25) is 19.2 Å². The van der Waals surface area contributed by atoms with Gasteiger partial charge >= 0.3 is 0 Å². The quantitative estimate of drug-likeness (QED) is 0.135. The van der Waals surface area contributed by atoms with E-state index in [0.29, 0.717) is 32.2 Å². The topological polar surface area (TPSA) is 142 Å². The zero-order chi connectivity index (χ0) is 37.6. The summed E-state index contributed by atoms with van der Waals surface area (Å²) >= 11 is 0. The van der Waals surface area contributed by atoms with E-state index in [-0.39, 0.29) is 24.7 Å². The summed E-state index contributed by atoms with van der Waals surface area (Å²) in [4.78, 5) is 59.7. The Morgan fingerprint density at radius 1 is 0.725 bits per heavy atom. The number of nitrogens with one attached hydrogen (secondary N) is 1. The second kappa shape index (κ2) is 19.6. The van der Waals surface area contributed by atoms with E-state index in [0.717, 1.165) is 22.3 Å². The molecule has 3 rings (SSSR count). The van der Waals surface area contributed by atoms with Crippen molar-refractivity contribution in [3.05, 3.63) is 108 Å². The number of nitrogens with zero attached hydrogens (tertiary/aromatic N) is 3. The molecule has 0 radical (unpaired) electrons. The molecule has 0 heterocycles. The first-order valence-electron chi connectivity index (χ1n) is 17.6. The van der Waals surface area contributed by atoms with Crippen LogP contribution in [0, 0.1) is 0 Å². The number of hydrogen-bond donors (Lipinski definition) is 3. The summed E-state index contributed by atoms with van der Waals surface area (Å²) in [7, 11) is 6.48. The molecule has 4 amide bonds. The fourth-order valence-electron chi connectivity index (χ4n) is 5.77. The van der Waals surface area contributed by atoms with Crippen molar-refractivity contribution in [3.8, 4) is 11.1 Å². The predicted octanol–water partition coefficient (Wildman–Crippen LogP) is 4.18. The highest BCUT2D eigenvalue weighted by atomic mass is 16.2. The molecular formula is C41H56N6O4. The molecule has 0 saturated heterocycles. The molecule has 5 N–H and O–H groups in total. The Kier molecular flexibility index (Phi) is 15.6. The summed E-state index contributed by atoms with van der Waals surface area (Å²) < 4.78 is 0. The first-order valence-corrected chi connectivity index (χ1v) is 17.6. The predicted molar refractivity (Wildman–Crippen MR) is 204 cm³/mol. The minimum Gasteiger partial charge on any atom is -0.347 e. The van der Waals surface area contributed by atoms with E-state index in [1.54, 1.807) is 34.3 Å². The summed E-state index contributed by atoms with van der Waals surface area (Å²) in [6.45, 7) is 4.23. The average Bonchev–Trinajstić information content (AvgIpc) is 3.11. The second-order valence-electron chi connectivity index (χ2n) is 14.1. The molecule has 0 bridgehead atoms. The van der Waals surface area contributed by atoms with Crippen LogP contribution in [0.5, 0.6) is 0 Å². The van der Waals surface area contributed by atoms with E-state index in [4.69, 9.17) is 11.5 Å². The molecule has 3 atom stereocenters. The van der Waals surface area contributed by atoms with Crippen LogP contribution in [-0.2, 0) is 32.0 Å². The van der Waals surface area contributed by atoms with Gasteiger partial charge in [-0.1, -0.05) is 91.0 Å². The molecule has 0 fully saturated rings. The lowest BCUT2D eigenvalue weighted by Gasteiger charge is -2.35. The molecule has 0 aliphatic carbocycles. The van der Waals surface area contributed by atoms with Crippen LogP contribution in [-0.4, -0.2) is 96.7 Å². The van der Waals surface area contributed by atoms with Gasteiger partial charge in [0.2, 0.25) is 23.6 Å². The van der Waals surface area contributed by atoms with Gasteiger partial charge in [-0.15, -0.1) is 0 Å². The van der Waals surface area contributed by atoms with Crippen molar-refractivity contribution < 1.29 is 19.2 Å². The molecule has 274 valence electrons. The van der Waals surface area contributed by atoms with Gasteiger partial charge in [0.1, 0.15) is 18.1 Å². The Morgan fingerprint density at radius 2 is 1.27 bits per heavy atom. The van der Waals surface area contributed by atoms with Gasteiger partial charge in [-0.05, 0) is 74.4 Å². The Hall–Kier alpha value is -4.80. The van der Waals surface area contributed by atoms with Crippen LogP contribution < -0.4 is 16.8 Å². The highest BCUT2D eigenvalue weighted by molar-refractivity contribution is 5.96. The summed E-state index contributed by atoms with van der Waals surface area (Å²) in [5.74, 6) is -1.44. The Bertz CT molecular complexity index is 1590. The normalized spacial score (nSPS) is 13.3. The fraction of sp³-hybridized carbons (Fsp3) is 0.415. The molecule has 51 heavy (non-hydrogen) atoms. The van der Waals surface area contributed by atoms with E-state index in [2.05, 4.69) is 5.32 Å². The first-order chi connectivity index (χ1) is 24.2. The van der Waals surface area contributed by atoms with Gasteiger partial charge in [0.25, 0.3) is 0 Å². The smallest absolute Gasteiger partial charge is 0.246 e. The van der Waals surface area contributed by atoms with Crippen molar-refractivity contribution >= 4 is 23.6 Å². The molecule has 0 aliphatic rings. The number of rotatable bonds is 18. The number of benzene rings is 3. The van der Waals surface area contributed by atoms with Crippen LogP contribution in [0.4, 0.5) is 0 Å². The van der Waals surface area contributed by atoms with Gasteiger partial charge in [-0.2, -0.15) is 0 Å². The molecule has 10 heteroatoms. The summed E-state index contributed by atoms with van der Waals surface area (Å²) in [5, 5.41) is 2.95. The molecule has 0 aromatic heterocycles. The van der Waals surface area contributed by atoms with Crippen molar-refractivity contribution in [2.75, 3.05) is 34.7 Å². The standard InChI is InChI=1S/C41H56N6O4/c1-41(2,43)26-15-21-37(48)46(5)36(29-31-22-24-33(25-23-31)32-18-11-8-12-19-32)40(51)47(6)35(28-30-16-9-7-10-17-30)38(49)44-34(20-13-14-27-42)39(50)45(3)4/h7-12,15-19,21-25,34-36H,13-14,20,26-29,42-43H2,1-6H3,(H,44,49)/b21-15+/t34-,35-,36-/m0/s1. The number of hydrogen-bond acceptors (Lipinski definition) is 6. The lowest BCUT2D eigenvalue weighted by atomic mass is 9.97. The van der Waals surface area contributed by atoms with E-state index in [1.807, 2.05) is 98.8 Å². The van der Waals surface area contributed by atoms with Crippen LogP contribution in [0.2, 0.25) is 0 Å². The van der Waals surface area contributed by atoms with Crippen molar-refractivity contribution in [1.82, 2.24) is 20.0 Å². The van der Waals surface area contributed by atoms with Crippen molar-refractivity contribution in [1.29, 1.82) is 0 Å². The maximum absolute atomic E-state index is 14.6. The number of carbonyl (C=O) groups excluding carboxylic acids is 4. The summed E-state index contributed by atoms with van der Waals surface area (Å²) in [6.07, 6.45) is 5.86. The van der Waals surface area contributed by atoms with Gasteiger partial charge in [0.05, 0.1) is 0 Å². The van der Waals surface area contributed by atoms with E-state index in [9.17, 15) is 19.2 Å². The van der Waals surface area contributed by atoms with Crippen LogP contribution in [0.3, 0.4) is 0 Å². The molecule has 10 nitrogen and oxygen atoms in total. The van der Waals surface area contributed by atoms with Crippen LogP contribution >= 0.6 is 0 Å². The van der Waals surface area contributed by atoms with Crippen LogP contribution in [0.25, 0.3) is 11.1 Å². The van der Waals surface area contributed by atoms with Gasteiger partial charge in [0, 0.05) is 46.6 Å². The Labute approximate surface area is 303 Å². The molecular weight excluding hydrogens is 640 g/mol. The highest BCUT2D eigenvalue weighted by Gasteiger charge is 2.36. The minimum absolute atomic E-state index is 0.211. The molecule has 3 aromatic carbocycles. The highest BCUT2D eigenvalue weighted by Crippen LogP contribution is 2.22. The fourth-order valence-corrected chi connectivity index (χ4v) is 5.77. The molecule has 0 spiro atoms. The molecule has 0 unspecified atom stereocenters. The average molecular weight is 697 g/mol. The largest absolute Gasteiger partial charge is 0.347 e. The minimum atomic E-state index is -0.966. The number of likely N-dealkylation sites (N-methyl/N-ethyl adjacent to an activating group) is 3. The van der Waals surface area contributed by atoms with Gasteiger partial charge in [-0.25, -0.2) is 0 Å². The number of unbranched alkanes of at least 4 members (excludes halogenated alkanes) is 1. The lowest BCUT2D eigenvalue weighted by molar-refractivity contribution is -0.146. The number of carbonyl (C=O) groups is 4. The summed E-state index contributed by atoms with van der Waals surface area (Å²) in [5.41, 5.74) is 15.1. The maximum Gasteiger partial charge on any atom is 0.246 e. The zero-order valence-corrected chi connectivity index (χ0v) is 31.0. The van der Waals surface area contributed by atoms with Crippen LogP contribution in [0.1, 0.15) is 50.7 Å². The van der Waals surface area contributed by atoms with E-state index in [1.165, 1.54) is 20.8 Å². The van der Waals surface area contributed by atoms with E-state index < -0.39 is 35.5 Å². The monoisotopic (exact) mass is 696 g/mol. The van der Waals surface area contributed by atoms with Crippen molar-refractivity contribution in [2.45, 2.75) is 76.0 Å². The molecule has 0 aliphatic heterocycles. The third-order valence-electron chi connectivity index (χ3n) is 8.89. The van der Waals surface area contributed by atoms with Gasteiger partial charge in [0.15, 0.2) is 0 Å². The lowest BCUT2D eigenvalue weighted by Crippen LogP contribution is -2.58. The van der Waals surface area contributed by atoms with Crippen molar-refractivity contribution in [2.24, 2.45) is 11.5 Å². The van der Waals surface area contributed by atoms with E-state index >= 15 is 0 Å². The van der Waals surface area contributed by atoms with Gasteiger partial charge < -0.3 is 31.5 Å². The maximum atomic E-state index is 14.6. The number of amides is 4. The Morgan fingerprint density at radius 3 is 1.84 bits per heavy atom.